The van der Waals surface area contributed by atoms with Gasteiger partial charge in [0.15, 0.2) is 0 Å². The summed E-state index contributed by atoms with van der Waals surface area (Å²) in [5.41, 5.74) is 3.27. The number of aliphatic hydroxyl groups excluding tert-OH is 1. The SMILES string of the molecule is Cc1nn(C)c(N(C)C)c1CNC[C@H](O)CO[C@@H](C)c1ccccc1. The quantitative estimate of drug-likeness (QED) is 0.727. The zero-order chi connectivity index (χ0) is 18.4. The molecule has 6 nitrogen and oxygen atoms in total. The van der Waals surface area contributed by atoms with Gasteiger partial charge in [0.1, 0.15) is 5.82 Å². The molecule has 6 heteroatoms. The van der Waals surface area contributed by atoms with Gasteiger partial charge in [-0.2, -0.15) is 5.10 Å². The van der Waals surface area contributed by atoms with Crippen LogP contribution in [0.2, 0.25) is 0 Å². The van der Waals surface area contributed by atoms with Crippen molar-refractivity contribution >= 4 is 5.82 Å². The third-order valence-corrected chi connectivity index (χ3v) is 4.23. The Kier molecular flexibility index (Phi) is 6.99. The van der Waals surface area contributed by atoms with Gasteiger partial charge in [-0.3, -0.25) is 4.68 Å². The molecule has 2 atom stereocenters. The summed E-state index contributed by atoms with van der Waals surface area (Å²) >= 11 is 0. The fourth-order valence-electron chi connectivity index (χ4n) is 2.95. The molecule has 0 aliphatic rings. The molecule has 0 radical (unpaired) electrons. The highest BCUT2D eigenvalue weighted by Gasteiger charge is 2.15. The monoisotopic (exact) mass is 346 g/mol. The Labute approximate surface area is 150 Å². The van der Waals surface area contributed by atoms with E-state index in [1.54, 1.807) is 0 Å². The molecule has 2 N–H and O–H groups in total. The predicted molar refractivity (Wildman–Crippen MR) is 101 cm³/mol. The van der Waals surface area contributed by atoms with Gasteiger partial charge in [0.2, 0.25) is 0 Å². The molecule has 138 valence electrons. The molecule has 0 aliphatic carbocycles. The number of nitrogens with zero attached hydrogens (tertiary/aromatic N) is 3. The summed E-state index contributed by atoms with van der Waals surface area (Å²) in [6.07, 6.45) is -0.581. The van der Waals surface area contributed by atoms with Crippen molar-refractivity contribution < 1.29 is 9.84 Å². The second-order valence-corrected chi connectivity index (χ2v) is 6.58. The van der Waals surface area contributed by atoms with E-state index < -0.39 is 6.10 Å². The molecule has 0 bridgehead atoms. The van der Waals surface area contributed by atoms with Gasteiger partial charge in [-0.1, -0.05) is 30.3 Å². The summed E-state index contributed by atoms with van der Waals surface area (Å²) in [5.74, 6) is 1.08. The van der Waals surface area contributed by atoms with Gasteiger partial charge < -0.3 is 20.1 Å². The van der Waals surface area contributed by atoms with Gasteiger partial charge in [-0.15, -0.1) is 0 Å². The number of ether oxygens (including phenoxy) is 1. The van der Waals surface area contributed by atoms with E-state index in [2.05, 4.69) is 15.3 Å². The Morgan fingerprint density at radius 2 is 1.96 bits per heavy atom. The van der Waals surface area contributed by atoms with Crippen LogP contribution >= 0.6 is 0 Å². The first kappa shape index (κ1) is 19.4. The maximum atomic E-state index is 10.2. The van der Waals surface area contributed by atoms with Crippen LogP contribution in [0, 0.1) is 6.92 Å². The van der Waals surface area contributed by atoms with E-state index in [9.17, 15) is 5.11 Å². The van der Waals surface area contributed by atoms with Crippen LogP contribution in [0.15, 0.2) is 30.3 Å². The van der Waals surface area contributed by atoms with E-state index in [1.807, 2.05) is 70.0 Å². The second kappa shape index (κ2) is 8.99. The Morgan fingerprint density at radius 3 is 2.60 bits per heavy atom. The zero-order valence-corrected chi connectivity index (χ0v) is 15.9. The van der Waals surface area contributed by atoms with Crippen molar-refractivity contribution in [1.82, 2.24) is 15.1 Å². The van der Waals surface area contributed by atoms with Gasteiger partial charge in [0.05, 0.1) is 24.5 Å². The molecule has 0 amide bonds. The molecule has 0 aliphatic heterocycles. The molecule has 1 heterocycles. The molecule has 0 fully saturated rings. The summed E-state index contributed by atoms with van der Waals surface area (Å²) in [6, 6.07) is 10.0. The first-order valence-electron chi connectivity index (χ1n) is 8.65. The maximum absolute atomic E-state index is 10.2. The average Bonchev–Trinajstić information content (AvgIpc) is 2.87. The Bertz CT molecular complexity index is 655. The first-order valence-corrected chi connectivity index (χ1v) is 8.65. The average molecular weight is 346 g/mol. The number of aryl methyl sites for hydroxylation is 2. The van der Waals surface area contributed by atoms with Crippen LogP contribution in [0.25, 0.3) is 0 Å². The smallest absolute Gasteiger partial charge is 0.130 e. The summed E-state index contributed by atoms with van der Waals surface area (Å²) in [6.45, 7) is 5.44. The van der Waals surface area contributed by atoms with E-state index in [0.717, 1.165) is 22.6 Å². The van der Waals surface area contributed by atoms with Gasteiger partial charge >= 0.3 is 0 Å². The number of anilines is 1. The molecular weight excluding hydrogens is 316 g/mol. The topological polar surface area (TPSA) is 62.6 Å². The molecule has 2 rings (SSSR count). The van der Waals surface area contributed by atoms with Gasteiger partial charge in [-0.25, -0.2) is 0 Å². The van der Waals surface area contributed by atoms with Crippen LogP contribution in [0.5, 0.6) is 0 Å². The van der Waals surface area contributed by atoms with Crippen molar-refractivity contribution in [3.63, 3.8) is 0 Å². The molecule has 0 saturated heterocycles. The van der Waals surface area contributed by atoms with Crippen molar-refractivity contribution in [3.8, 4) is 0 Å². The molecule has 1 aromatic heterocycles. The lowest BCUT2D eigenvalue weighted by molar-refractivity contribution is -0.00212. The summed E-state index contributed by atoms with van der Waals surface area (Å²) in [4.78, 5) is 2.05. The number of aliphatic hydroxyl groups is 1. The minimum atomic E-state index is -0.550. The Morgan fingerprint density at radius 1 is 1.28 bits per heavy atom. The first-order chi connectivity index (χ1) is 11.9. The minimum Gasteiger partial charge on any atom is -0.389 e. The number of nitrogens with one attached hydrogen (secondary N) is 1. The Hall–Kier alpha value is -1.89. The van der Waals surface area contributed by atoms with Crippen LogP contribution in [-0.2, 0) is 18.3 Å². The highest BCUT2D eigenvalue weighted by atomic mass is 16.5. The molecular formula is C19H30N4O2. The van der Waals surface area contributed by atoms with E-state index in [1.165, 1.54) is 0 Å². The van der Waals surface area contributed by atoms with Crippen LogP contribution < -0.4 is 10.2 Å². The summed E-state index contributed by atoms with van der Waals surface area (Å²) in [7, 11) is 5.96. The molecule has 0 saturated carbocycles. The molecule has 0 unspecified atom stereocenters. The van der Waals surface area contributed by atoms with Crippen LogP contribution in [0.1, 0.15) is 29.8 Å². The summed E-state index contributed by atoms with van der Waals surface area (Å²) in [5, 5.41) is 17.9. The number of hydrogen-bond donors (Lipinski definition) is 2. The molecule has 0 spiro atoms. The summed E-state index contributed by atoms with van der Waals surface area (Å²) < 4.78 is 7.65. The second-order valence-electron chi connectivity index (χ2n) is 6.58. The van der Waals surface area contributed by atoms with E-state index in [0.29, 0.717) is 19.7 Å². The molecule has 1 aromatic carbocycles. The fourth-order valence-corrected chi connectivity index (χ4v) is 2.95. The fraction of sp³-hybridized carbons (Fsp3) is 0.526. The van der Waals surface area contributed by atoms with E-state index in [-0.39, 0.29) is 6.10 Å². The van der Waals surface area contributed by atoms with Crippen molar-refractivity contribution in [2.45, 2.75) is 32.6 Å². The van der Waals surface area contributed by atoms with Crippen molar-refractivity contribution in [1.29, 1.82) is 0 Å². The van der Waals surface area contributed by atoms with Crippen LogP contribution in [0.4, 0.5) is 5.82 Å². The van der Waals surface area contributed by atoms with Crippen LogP contribution in [0.3, 0.4) is 0 Å². The van der Waals surface area contributed by atoms with Crippen LogP contribution in [-0.4, -0.2) is 48.2 Å². The number of rotatable bonds is 9. The van der Waals surface area contributed by atoms with Crippen molar-refractivity contribution in [3.05, 3.63) is 47.2 Å². The predicted octanol–water partition coefficient (Wildman–Crippen LogP) is 2.02. The largest absolute Gasteiger partial charge is 0.389 e. The normalized spacial score (nSPS) is 13.7. The van der Waals surface area contributed by atoms with Gasteiger partial charge in [0, 0.05) is 39.8 Å². The van der Waals surface area contributed by atoms with E-state index in [4.69, 9.17) is 4.74 Å². The number of aromatic nitrogens is 2. The van der Waals surface area contributed by atoms with Gasteiger partial charge in [-0.05, 0) is 19.4 Å². The number of benzene rings is 1. The Balaban J connectivity index is 1.78. The number of hydrogen-bond acceptors (Lipinski definition) is 5. The lowest BCUT2D eigenvalue weighted by Crippen LogP contribution is -2.31. The standard InChI is InChI=1S/C19H30N4O2/c1-14-18(19(22(3)4)23(5)21-14)12-20-11-17(24)13-25-15(2)16-9-7-6-8-10-16/h6-10,15,17,20,24H,11-13H2,1-5H3/t15-,17-/m0/s1. The molecule has 2 aromatic rings. The zero-order valence-electron chi connectivity index (χ0n) is 15.9. The lowest BCUT2D eigenvalue weighted by atomic mass is 10.1. The van der Waals surface area contributed by atoms with Crippen molar-refractivity contribution in [2.75, 3.05) is 32.1 Å². The minimum absolute atomic E-state index is 0.0308. The highest BCUT2D eigenvalue weighted by Crippen LogP contribution is 2.21. The third kappa shape index (κ3) is 5.29. The van der Waals surface area contributed by atoms with Gasteiger partial charge in [0.25, 0.3) is 0 Å². The highest BCUT2D eigenvalue weighted by molar-refractivity contribution is 5.48. The van der Waals surface area contributed by atoms with Crippen molar-refractivity contribution in [2.24, 2.45) is 7.05 Å². The third-order valence-electron chi connectivity index (χ3n) is 4.23. The van der Waals surface area contributed by atoms with E-state index >= 15 is 0 Å². The lowest BCUT2D eigenvalue weighted by Gasteiger charge is -2.18. The molecule has 25 heavy (non-hydrogen) atoms. The maximum Gasteiger partial charge on any atom is 0.130 e.